The molecule has 1 unspecified atom stereocenters. The van der Waals surface area contributed by atoms with E-state index in [0.717, 1.165) is 12.8 Å². The molecule has 0 bridgehead atoms. The van der Waals surface area contributed by atoms with E-state index in [2.05, 4.69) is 0 Å². The highest BCUT2D eigenvalue weighted by molar-refractivity contribution is 7.90. The van der Waals surface area contributed by atoms with Crippen molar-refractivity contribution in [2.24, 2.45) is 0 Å². The minimum Gasteiger partial charge on any atom is -0.331 e. The number of sulfone groups is 1. The summed E-state index contributed by atoms with van der Waals surface area (Å²) in [5.41, 5.74) is 0. The average molecular weight is 322 g/mol. The third-order valence-corrected chi connectivity index (χ3v) is 5.28. The van der Waals surface area contributed by atoms with Gasteiger partial charge >= 0.3 is 0 Å². The van der Waals surface area contributed by atoms with Crippen molar-refractivity contribution >= 4 is 38.7 Å². The van der Waals surface area contributed by atoms with Crippen molar-refractivity contribution in [3.63, 3.8) is 0 Å². The topological polar surface area (TPSA) is 54.5 Å². The lowest BCUT2D eigenvalue weighted by Crippen LogP contribution is -2.43. The van der Waals surface area contributed by atoms with Crippen LogP contribution in [0.1, 0.15) is 29.4 Å². The average Bonchev–Trinajstić information content (AvgIpc) is 2.97. The molecular weight excluding hydrogens is 306 g/mol. The predicted octanol–water partition coefficient (Wildman–Crippen LogP) is 2.44. The number of hydrogen-bond donors (Lipinski definition) is 0. The van der Waals surface area contributed by atoms with Gasteiger partial charge in [-0.15, -0.1) is 11.3 Å². The highest BCUT2D eigenvalue weighted by Crippen LogP contribution is 2.32. The van der Waals surface area contributed by atoms with Crippen molar-refractivity contribution in [1.29, 1.82) is 0 Å². The summed E-state index contributed by atoms with van der Waals surface area (Å²) in [6.45, 7) is 1.78. The predicted molar refractivity (Wildman–Crippen MR) is 77.7 cm³/mol. The minimum atomic E-state index is -3.10. The van der Waals surface area contributed by atoms with Crippen LogP contribution < -0.4 is 0 Å². The van der Waals surface area contributed by atoms with Gasteiger partial charge in [-0.3, -0.25) is 4.79 Å². The minimum absolute atomic E-state index is 0.00561. The van der Waals surface area contributed by atoms with E-state index in [9.17, 15) is 13.2 Å². The van der Waals surface area contributed by atoms with E-state index in [0.29, 0.717) is 9.21 Å². The van der Waals surface area contributed by atoms with Crippen LogP contribution in [-0.4, -0.2) is 43.3 Å². The van der Waals surface area contributed by atoms with Gasteiger partial charge in [0.2, 0.25) is 0 Å². The standard InChI is InChI=1S/C12H16ClNO3S2/c1-8(7-19(2,16)17)14(9-3-4-9)12(15)10-5-6-11(13)18-10/h5-6,8-9H,3-4,7H2,1-2H3. The highest BCUT2D eigenvalue weighted by atomic mass is 35.5. The molecule has 7 heteroatoms. The van der Waals surface area contributed by atoms with Crippen LogP contribution >= 0.6 is 22.9 Å². The molecule has 1 aromatic heterocycles. The van der Waals surface area contributed by atoms with Gasteiger partial charge in [0.15, 0.2) is 0 Å². The zero-order valence-electron chi connectivity index (χ0n) is 10.8. The second-order valence-electron chi connectivity index (χ2n) is 4.99. The summed E-state index contributed by atoms with van der Waals surface area (Å²) < 4.78 is 23.4. The maximum Gasteiger partial charge on any atom is 0.264 e. The molecule has 1 atom stereocenters. The molecule has 0 spiro atoms. The van der Waals surface area contributed by atoms with Crippen molar-refractivity contribution in [3.05, 3.63) is 21.3 Å². The first-order valence-corrected chi connectivity index (χ1v) is 9.29. The number of carbonyl (C=O) groups excluding carboxylic acids is 1. The summed E-state index contributed by atoms with van der Waals surface area (Å²) in [6.07, 6.45) is 3.08. The van der Waals surface area contributed by atoms with Gasteiger partial charge in [-0.1, -0.05) is 11.6 Å². The van der Waals surface area contributed by atoms with Gasteiger partial charge in [0.05, 0.1) is 15.0 Å². The van der Waals surface area contributed by atoms with E-state index < -0.39 is 9.84 Å². The molecule has 1 saturated carbocycles. The normalized spacial score (nSPS) is 17.2. The molecule has 1 aliphatic rings. The van der Waals surface area contributed by atoms with Crippen molar-refractivity contribution in [1.82, 2.24) is 4.90 Å². The molecule has 0 saturated heterocycles. The molecule has 0 aliphatic heterocycles. The van der Waals surface area contributed by atoms with E-state index in [-0.39, 0.29) is 23.7 Å². The molecule has 1 amide bonds. The molecule has 0 N–H and O–H groups in total. The molecule has 0 aromatic carbocycles. The Labute approximate surface area is 122 Å². The molecule has 0 radical (unpaired) electrons. The second-order valence-corrected chi connectivity index (χ2v) is 8.89. The van der Waals surface area contributed by atoms with Gasteiger partial charge in [0.1, 0.15) is 9.84 Å². The van der Waals surface area contributed by atoms with E-state index in [1.165, 1.54) is 17.6 Å². The number of thiophene rings is 1. The van der Waals surface area contributed by atoms with Gasteiger partial charge < -0.3 is 4.90 Å². The SMILES string of the molecule is CC(CS(C)(=O)=O)N(C(=O)c1ccc(Cl)s1)C1CC1. The first-order chi connectivity index (χ1) is 8.78. The molecular formula is C12H16ClNO3S2. The second kappa shape index (κ2) is 5.42. The van der Waals surface area contributed by atoms with Crippen LogP contribution in [0.15, 0.2) is 12.1 Å². The van der Waals surface area contributed by atoms with Crippen molar-refractivity contribution in [2.45, 2.75) is 31.8 Å². The van der Waals surface area contributed by atoms with Crippen LogP contribution in [0.5, 0.6) is 0 Å². The summed E-state index contributed by atoms with van der Waals surface area (Å²) in [4.78, 5) is 14.7. The molecule has 2 rings (SSSR count). The smallest absolute Gasteiger partial charge is 0.264 e. The Balaban J connectivity index is 2.18. The Hall–Kier alpha value is -0.590. The van der Waals surface area contributed by atoms with E-state index in [1.807, 2.05) is 0 Å². The van der Waals surface area contributed by atoms with Gasteiger partial charge in [0, 0.05) is 18.3 Å². The number of amides is 1. The van der Waals surface area contributed by atoms with Crippen LogP contribution in [0.3, 0.4) is 0 Å². The zero-order chi connectivity index (χ0) is 14.2. The summed E-state index contributed by atoms with van der Waals surface area (Å²) in [5.74, 6) is -0.121. The molecule has 106 valence electrons. The third kappa shape index (κ3) is 3.94. The summed E-state index contributed by atoms with van der Waals surface area (Å²) in [6, 6.07) is 3.24. The van der Waals surface area contributed by atoms with Crippen LogP contribution in [-0.2, 0) is 9.84 Å². The Morgan fingerprint density at radius 1 is 1.53 bits per heavy atom. The first kappa shape index (κ1) is 14.8. The van der Waals surface area contributed by atoms with E-state index in [4.69, 9.17) is 11.6 Å². The van der Waals surface area contributed by atoms with Gasteiger partial charge in [-0.25, -0.2) is 8.42 Å². The lowest BCUT2D eigenvalue weighted by Gasteiger charge is -2.28. The third-order valence-electron chi connectivity index (χ3n) is 2.98. The number of halogens is 1. The zero-order valence-corrected chi connectivity index (χ0v) is 13.2. The lowest BCUT2D eigenvalue weighted by molar-refractivity contribution is 0.0698. The summed E-state index contributed by atoms with van der Waals surface area (Å²) in [7, 11) is -3.10. The highest BCUT2D eigenvalue weighted by Gasteiger charge is 2.37. The fraction of sp³-hybridized carbons (Fsp3) is 0.583. The van der Waals surface area contributed by atoms with Gasteiger partial charge in [0.25, 0.3) is 5.91 Å². The maximum atomic E-state index is 12.4. The molecule has 4 nitrogen and oxygen atoms in total. The van der Waals surface area contributed by atoms with Crippen LogP contribution in [0.2, 0.25) is 4.34 Å². The van der Waals surface area contributed by atoms with Gasteiger partial charge in [-0.05, 0) is 31.9 Å². The van der Waals surface area contributed by atoms with E-state index >= 15 is 0 Å². The number of carbonyl (C=O) groups is 1. The Morgan fingerprint density at radius 3 is 2.58 bits per heavy atom. The van der Waals surface area contributed by atoms with Crippen molar-refractivity contribution < 1.29 is 13.2 Å². The van der Waals surface area contributed by atoms with Gasteiger partial charge in [-0.2, -0.15) is 0 Å². The largest absolute Gasteiger partial charge is 0.331 e. The lowest BCUT2D eigenvalue weighted by atomic mass is 10.2. The summed E-state index contributed by atoms with van der Waals surface area (Å²) in [5, 5.41) is 0. The summed E-state index contributed by atoms with van der Waals surface area (Å²) >= 11 is 7.07. The van der Waals surface area contributed by atoms with Crippen LogP contribution in [0.4, 0.5) is 0 Å². The molecule has 1 aromatic rings. The fourth-order valence-electron chi connectivity index (χ4n) is 2.15. The molecule has 1 aliphatic carbocycles. The molecule has 1 heterocycles. The number of nitrogens with zero attached hydrogens (tertiary/aromatic N) is 1. The van der Waals surface area contributed by atoms with Crippen LogP contribution in [0.25, 0.3) is 0 Å². The fourth-order valence-corrected chi connectivity index (χ4v) is 4.18. The molecule has 1 fully saturated rings. The Morgan fingerprint density at radius 2 is 2.16 bits per heavy atom. The quantitative estimate of drug-likeness (QED) is 0.837. The first-order valence-electron chi connectivity index (χ1n) is 6.03. The van der Waals surface area contributed by atoms with Crippen molar-refractivity contribution in [3.8, 4) is 0 Å². The Bertz CT molecular complexity index is 578. The monoisotopic (exact) mass is 321 g/mol. The van der Waals surface area contributed by atoms with E-state index in [1.54, 1.807) is 24.0 Å². The van der Waals surface area contributed by atoms with Crippen molar-refractivity contribution in [2.75, 3.05) is 12.0 Å². The Kier molecular flexibility index (Phi) is 4.23. The van der Waals surface area contributed by atoms with Crippen LogP contribution in [0, 0.1) is 0 Å². The number of rotatable bonds is 5. The number of hydrogen-bond acceptors (Lipinski definition) is 4. The molecule has 19 heavy (non-hydrogen) atoms. The maximum absolute atomic E-state index is 12.4.